The van der Waals surface area contributed by atoms with Crippen LogP contribution in [0.1, 0.15) is 22.6 Å². The van der Waals surface area contributed by atoms with Crippen LogP contribution in [0.25, 0.3) is 0 Å². The predicted octanol–water partition coefficient (Wildman–Crippen LogP) is 5.67. The first-order valence-electron chi connectivity index (χ1n) is 11.0. The molecule has 0 bridgehead atoms. The summed E-state index contributed by atoms with van der Waals surface area (Å²) in [6.45, 7) is -0.494. The number of anilines is 1. The predicted molar refractivity (Wildman–Crippen MR) is 137 cm³/mol. The standard InChI is InChI=1S/C25H24BrN2O7P/c1-33-36(32,34-2)35-25(22(17-28(30)31)19-12-14-20(26)15-13-19)21-10-6-7-11-23(21)27(24(25)29)16-18-8-4-3-5-9-18/h3-15,22H,16-17H2,1-2H3/t22-,25-/m1/s1. The zero-order valence-corrected chi connectivity index (χ0v) is 22.1. The Morgan fingerprint density at radius 1 is 1.00 bits per heavy atom. The number of para-hydroxylation sites is 1. The molecule has 0 radical (unpaired) electrons. The molecule has 3 aromatic rings. The number of halogens is 1. The molecule has 1 aliphatic heterocycles. The van der Waals surface area contributed by atoms with E-state index in [4.69, 9.17) is 13.6 Å². The van der Waals surface area contributed by atoms with Crippen LogP contribution in [0.3, 0.4) is 0 Å². The van der Waals surface area contributed by atoms with Crippen LogP contribution in [-0.2, 0) is 35.1 Å². The molecule has 188 valence electrons. The van der Waals surface area contributed by atoms with Gasteiger partial charge in [-0.25, -0.2) is 4.57 Å². The van der Waals surface area contributed by atoms with Gasteiger partial charge in [-0.2, -0.15) is 0 Å². The van der Waals surface area contributed by atoms with Gasteiger partial charge in [-0.05, 0) is 29.3 Å². The van der Waals surface area contributed by atoms with Crippen molar-refractivity contribution in [3.8, 4) is 0 Å². The van der Waals surface area contributed by atoms with E-state index < -0.39 is 36.7 Å². The molecule has 0 saturated heterocycles. The second-order valence-electron chi connectivity index (χ2n) is 8.15. The van der Waals surface area contributed by atoms with Gasteiger partial charge in [0.05, 0.1) is 18.2 Å². The maximum Gasteiger partial charge on any atom is 0.475 e. The average molecular weight is 575 g/mol. The van der Waals surface area contributed by atoms with Crippen molar-refractivity contribution >= 4 is 35.3 Å². The molecule has 0 unspecified atom stereocenters. The average Bonchev–Trinajstić information content (AvgIpc) is 3.11. The van der Waals surface area contributed by atoms with Crippen molar-refractivity contribution in [3.05, 3.63) is 110 Å². The van der Waals surface area contributed by atoms with Crippen molar-refractivity contribution in [1.29, 1.82) is 0 Å². The van der Waals surface area contributed by atoms with Crippen LogP contribution < -0.4 is 4.90 Å². The van der Waals surface area contributed by atoms with E-state index in [0.29, 0.717) is 16.8 Å². The van der Waals surface area contributed by atoms with Crippen molar-refractivity contribution in [2.45, 2.75) is 18.1 Å². The highest BCUT2D eigenvalue weighted by Gasteiger charge is 2.62. The lowest BCUT2D eigenvalue weighted by atomic mass is 9.78. The first kappa shape index (κ1) is 26.2. The number of amides is 1. The van der Waals surface area contributed by atoms with Crippen molar-refractivity contribution in [2.24, 2.45) is 0 Å². The Kier molecular flexibility index (Phi) is 7.73. The number of nitrogens with zero attached hydrogens (tertiary/aromatic N) is 2. The smallest absolute Gasteiger partial charge is 0.305 e. The minimum atomic E-state index is -4.30. The Morgan fingerprint density at radius 2 is 1.61 bits per heavy atom. The molecule has 3 aromatic carbocycles. The van der Waals surface area contributed by atoms with E-state index in [1.165, 1.54) is 4.90 Å². The van der Waals surface area contributed by atoms with Crippen LogP contribution in [0.4, 0.5) is 5.69 Å². The van der Waals surface area contributed by atoms with E-state index in [1.807, 2.05) is 30.3 Å². The molecule has 0 fully saturated rings. The monoisotopic (exact) mass is 574 g/mol. The summed E-state index contributed by atoms with van der Waals surface area (Å²) in [4.78, 5) is 27.3. The van der Waals surface area contributed by atoms with Gasteiger partial charge in [-0.1, -0.05) is 76.6 Å². The van der Waals surface area contributed by atoms with Crippen molar-refractivity contribution in [2.75, 3.05) is 25.7 Å². The largest absolute Gasteiger partial charge is 0.475 e. The Bertz CT molecular complexity index is 1300. The summed E-state index contributed by atoms with van der Waals surface area (Å²) >= 11 is 3.37. The van der Waals surface area contributed by atoms with Crippen molar-refractivity contribution < 1.29 is 27.9 Å². The molecule has 0 spiro atoms. The molecular weight excluding hydrogens is 551 g/mol. The molecule has 4 rings (SSSR count). The molecule has 36 heavy (non-hydrogen) atoms. The van der Waals surface area contributed by atoms with Crippen molar-refractivity contribution in [1.82, 2.24) is 0 Å². The van der Waals surface area contributed by atoms with Gasteiger partial charge in [0.2, 0.25) is 6.54 Å². The van der Waals surface area contributed by atoms with Gasteiger partial charge in [0.15, 0.2) is 5.60 Å². The van der Waals surface area contributed by atoms with E-state index in [2.05, 4.69) is 15.9 Å². The van der Waals surface area contributed by atoms with E-state index in [1.54, 1.807) is 48.5 Å². The fourth-order valence-corrected chi connectivity index (χ4v) is 5.72. The molecule has 0 saturated carbocycles. The Labute approximate surface area is 216 Å². The summed E-state index contributed by atoms with van der Waals surface area (Å²) in [7, 11) is -2.04. The second-order valence-corrected chi connectivity index (χ2v) is 10.9. The Morgan fingerprint density at radius 3 is 2.22 bits per heavy atom. The van der Waals surface area contributed by atoms with Crippen LogP contribution in [0.15, 0.2) is 83.3 Å². The molecule has 0 aliphatic carbocycles. The number of phosphoric ester groups is 1. The topological polar surface area (TPSA) is 108 Å². The summed E-state index contributed by atoms with van der Waals surface area (Å²) in [6.07, 6.45) is 0. The van der Waals surface area contributed by atoms with Gasteiger partial charge >= 0.3 is 7.82 Å². The zero-order valence-electron chi connectivity index (χ0n) is 19.6. The third-order valence-electron chi connectivity index (χ3n) is 6.14. The maximum atomic E-state index is 14.4. The highest BCUT2D eigenvalue weighted by molar-refractivity contribution is 9.10. The van der Waals surface area contributed by atoms with Crippen LogP contribution in [-0.4, -0.2) is 31.6 Å². The number of fused-ring (bicyclic) bond motifs is 1. The van der Waals surface area contributed by atoms with Gasteiger partial charge in [-0.15, -0.1) is 0 Å². The lowest BCUT2D eigenvalue weighted by Gasteiger charge is -2.36. The molecule has 1 aliphatic rings. The first-order valence-corrected chi connectivity index (χ1v) is 13.2. The van der Waals surface area contributed by atoms with Gasteiger partial charge in [0.1, 0.15) is 0 Å². The first-order chi connectivity index (χ1) is 17.2. The van der Waals surface area contributed by atoms with E-state index in [9.17, 15) is 19.5 Å². The number of carbonyl (C=O) groups excluding carboxylic acids is 1. The number of nitro groups is 1. The summed E-state index contributed by atoms with van der Waals surface area (Å²) in [6, 6.07) is 22.9. The SMILES string of the molecule is COP(=O)(OC)O[C@]1([C@H](C[N+](=O)[O-])c2ccc(Br)cc2)C(=O)N(Cc2ccccc2)c2ccccc21. The number of hydrogen-bond acceptors (Lipinski definition) is 7. The highest BCUT2D eigenvalue weighted by atomic mass is 79.9. The second kappa shape index (κ2) is 10.6. The van der Waals surface area contributed by atoms with E-state index in [0.717, 1.165) is 24.3 Å². The molecule has 0 aromatic heterocycles. The fourth-order valence-electron chi connectivity index (χ4n) is 4.50. The molecule has 0 N–H and O–H groups in total. The van der Waals surface area contributed by atoms with Gasteiger partial charge in [0, 0.05) is 29.2 Å². The molecule has 1 amide bonds. The quantitative estimate of drug-likeness (QED) is 0.174. The van der Waals surface area contributed by atoms with E-state index >= 15 is 0 Å². The summed E-state index contributed by atoms with van der Waals surface area (Å²) in [5.74, 6) is -1.76. The minimum Gasteiger partial charge on any atom is -0.305 e. The third-order valence-corrected chi connectivity index (χ3v) is 8.07. The fraction of sp³-hybridized carbons (Fsp3) is 0.240. The molecule has 1 heterocycles. The summed E-state index contributed by atoms with van der Waals surface area (Å²) in [5.41, 5.74) is 0.0740. The normalized spacial score (nSPS) is 18.2. The van der Waals surface area contributed by atoms with Crippen LogP contribution in [0.5, 0.6) is 0 Å². The van der Waals surface area contributed by atoms with Gasteiger partial charge < -0.3 is 4.90 Å². The van der Waals surface area contributed by atoms with Gasteiger partial charge in [0.25, 0.3) is 5.91 Å². The van der Waals surface area contributed by atoms with Crippen LogP contribution >= 0.6 is 23.8 Å². The summed E-state index contributed by atoms with van der Waals surface area (Å²) in [5, 5.41) is 11.9. The molecule has 11 heteroatoms. The lowest BCUT2D eigenvalue weighted by molar-refractivity contribution is -0.486. The number of phosphoric acid groups is 1. The zero-order chi connectivity index (χ0) is 25.9. The maximum absolute atomic E-state index is 14.4. The molecule has 9 nitrogen and oxygen atoms in total. The van der Waals surface area contributed by atoms with E-state index in [-0.39, 0.29) is 6.54 Å². The van der Waals surface area contributed by atoms with Crippen molar-refractivity contribution in [3.63, 3.8) is 0 Å². The number of benzene rings is 3. The van der Waals surface area contributed by atoms with Crippen LogP contribution in [0, 0.1) is 10.1 Å². The van der Waals surface area contributed by atoms with Crippen LogP contribution in [0.2, 0.25) is 0 Å². The minimum absolute atomic E-state index is 0.178. The highest BCUT2D eigenvalue weighted by Crippen LogP contribution is 2.61. The Hall–Kier alpha value is -2.88. The third kappa shape index (κ3) is 4.87. The molecular formula is C25H24BrN2O7P. The number of hydrogen-bond donors (Lipinski definition) is 0. The number of rotatable bonds is 10. The van der Waals surface area contributed by atoms with Gasteiger partial charge in [-0.3, -0.25) is 28.5 Å². The Balaban J connectivity index is 1.97. The molecule has 2 atom stereocenters. The lowest BCUT2D eigenvalue weighted by Crippen LogP contribution is -2.48. The number of carbonyl (C=O) groups is 1. The summed E-state index contributed by atoms with van der Waals surface area (Å²) < 4.78 is 30.3.